The summed E-state index contributed by atoms with van der Waals surface area (Å²) in [5, 5.41) is 7.31. The molecule has 1 amide bonds. The number of aryl methyl sites for hydroxylation is 1. The number of carbonyl (C=O) groups is 1. The molecule has 0 bridgehead atoms. The minimum Gasteiger partial charge on any atom is -0.384 e. The van der Waals surface area contributed by atoms with Gasteiger partial charge in [0, 0.05) is 38.5 Å². The third-order valence-corrected chi connectivity index (χ3v) is 4.12. The van der Waals surface area contributed by atoms with Crippen LogP contribution >= 0.6 is 0 Å². The molecule has 3 rings (SSSR count). The molecule has 1 aliphatic rings. The van der Waals surface area contributed by atoms with E-state index in [2.05, 4.69) is 10.4 Å². The lowest BCUT2D eigenvalue weighted by Crippen LogP contribution is -2.48. The Kier molecular flexibility index (Phi) is 3.79. The first kappa shape index (κ1) is 13.9. The highest BCUT2D eigenvalue weighted by Gasteiger charge is 2.33. The molecule has 2 atom stereocenters. The summed E-state index contributed by atoms with van der Waals surface area (Å²) in [6.07, 6.45) is 7.56. The van der Waals surface area contributed by atoms with Gasteiger partial charge in [-0.3, -0.25) is 9.48 Å². The molecule has 0 saturated heterocycles. The number of methoxy groups -OCH3 is 1. The molecular weight excluding hydrogens is 268 g/mol. The lowest BCUT2D eigenvalue weighted by Gasteiger charge is -2.36. The van der Waals surface area contributed by atoms with E-state index in [0.29, 0.717) is 18.1 Å². The average molecular weight is 288 g/mol. The smallest absolute Gasteiger partial charge is 0.256 e. The van der Waals surface area contributed by atoms with Gasteiger partial charge in [-0.1, -0.05) is 0 Å². The van der Waals surface area contributed by atoms with Crippen LogP contribution in [0.3, 0.4) is 0 Å². The van der Waals surface area contributed by atoms with Crippen LogP contribution in [0, 0.1) is 5.92 Å². The van der Waals surface area contributed by atoms with Crippen molar-refractivity contribution in [3.8, 4) is 5.82 Å². The number of rotatable bonds is 5. The Morgan fingerprint density at radius 1 is 1.43 bits per heavy atom. The lowest BCUT2D eigenvalue weighted by atomic mass is 9.80. The van der Waals surface area contributed by atoms with Crippen LogP contribution in [-0.2, 0) is 11.8 Å². The second kappa shape index (κ2) is 5.73. The highest BCUT2D eigenvalue weighted by molar-refractivity contribution is 5.97. The van der Waals surface area contributed by atoms with Gasteiger partial charge in [0.2, 0.25) is 0 Å². The fourth-order valence-corrected chi connectivity index (χ4v) is 2.79. The quantitative estimate of drug-likeness (QED) is 0.904. The molecule has 0 aromatic carbocycles. The molecule has 112 valence electrons. The molecule has 21 heavy (non-hydrogen) atoms. The summed E-state index contributed by atoms with van der Waals surface area (Å²) in [6.45, 7) is 0.697. The van der Waals surface area contributed by atoms with Crippen molar-refractivity contribution in [3.05, 3.63) is 36.3 Å². The number of hydrogen-bond acceptors (Lipinski definition) is 3. The third kappa shape index (κ3) is 2.58. The highest BCUT2D eigenvalue weighted by atomic mass is 16.5. The van der Waals surface area contributed by atoms with Crippen molar-refractivity contribution in [3.63, 3.8) is 0 Å². The van der Waals surface area contributed by atoms with E-state index in [-0.39, 0.29) is 11.9 Å². The Morgan fingerprint density at radius 2 is 2.19 bits per heavy atom. The minimum absolute atomic E-state index is 0.0717. The van der Waals surface area contributed by atoms with Gasteiger partial charge in [0.15, 0.2) is 0 Å². The van der Waals surface area contributed by atoms with Gasteiger partial charge in [0.25, 0.3) is 5.91 Å². The number of carbonyl (C=O) groups excluding carboxylic acids is 1. The zero-order chi connectivity index (χ0) is 14.8. The Bertz CT molecular complexity index is 618. The average Bonchev–Trinajstić information content (AvgIpc) is 3.09. The van der Waals surface area contributed by atoms with Crippen molar-refractivity contribution < 1.29 is 9.53 Å². The van der Waals surface area contributed by atoms with Gasteiger partial charge in [0.05, 0.1) is 12.8 Å². The summed E-state index contributed by atoms with van der Waals surface area (Å²) in [5.41, 5.74) is 0.594. The molecule has 6 nitrogen and oxygen atoms in total. The van der Waals surface area contributed by atoms with Gasteiger partial charge in [0.1, 0.15) is 11.4 Å². The van der Waals surface area contributed by atoms with Crippen LogP contribution in [0.4, 0.5) is 0 Å². The maximum Gasteiger partial charge on any atom is 0.256 e. The normalized spacial score (nSPS) is 21.0. The van der Waals surface area contributed by atoms with Crippen LogP contribution < -0.4 is 5.32 Å². The fourth-order valence-electron chi connectivity index (χ4n) is 2.79. The van der Waals surface area contributed by atoms with Crippen molar-refractivity contribution in [2.45, 2.75) is 18.9 Å². The summed E-state index contributed by atoms with van der Waals surface area (Å²) < 4.78 is 8.79. The van der Waals surface area contributed by atoms with Crippen LogP contribution in [0.15, 0.2) is 30.7 Å². The first-order valence-corrected chi connectivity index (χ1v) is 7.16. The largest absolute Gasteiger partial charge is 0.384 e. The molecule has 2 aromatic heterocycles. The second-order valence-electron chi connectivity index (χ2n) is 5.47. The summed E-state index contributed by atoms with van der Waals surface area (Å²) in [6, 6.07) is 4.06. The maximum absolute atomic E-state index is 12.5. The summed E-state index contributed by atoms with van der Waals surface area (Å²) >= 11 is 0. The molecule has 1 aliphatic carbocycles. The van der Waals surface area contributed by atoms with Gasteiger partial charge in [-0.15, -0.1) is 0 Å². The predicted molar refractivity (Wildman–Crippen MR) is 78.4 cm³/mol. The van der Waals surface area contributed by atoms with Gasteiger partial charge < -0.3 is 14.6 Å². The van der Waals surface area contributed by atoms with Gasteiger partial charge in [-0.05, 0) is 25.0 Å². The molecule has 2 aromatic rings. The number of hydrogen-bond donors (Lipinski definition) is 1. The third-order valence-electron chi connectivity index (χ3n) is 4.12. The molecule has 1 N–H and O–H groups in total. The molecule has 0 spiro atoms. The van der Waals surface area contributed by atoms with E-state index in [1.165, 1.54) is 0 Å². The fraction of sp³-hybridized carbons (Fsp3) is 0.467. The first-order chi connectivity index (χ1) is 10.2. The Hall–Kier alpha value is -2.08. The summed E-state index contributed by atoms with van der Waals surface area (Å²) in [7, 11) is 3.53. The van der Waals surface area contributed by atoms with Gasteiger partial charge >= 0.3 is 0 Å². The van der Waals surface area contributed by atoms with E-state index >= 15 is 0 Å². The van der Waals surface area contributed by atoms with Crippen molar-refractivity contribution in [1.82, 2.24) is 19.7 Å². The number of nitrogens with one attached hydrogen (secondary N) is 1. The van der Waals surface area contributed by atoms with Gasteiger partial charge in [-0.25, -0.2) is 0 Å². The highest BCUT2D eigenvalue weighted by Crippen LogP contribution is 2.28. The van der Waals surface area contributed by atoms with E-state index in [1.807, 2.05) is 36.1 Å². The maximum atomic E-state index is 12.5. The molecule has 1 saturated carbocycles. The van der Waals surface area contributed by atoms with Crippen molar-refractivity contribution in [1.29, 1.82) is 0 Å². The van der Waals surface area contributed by atoms with E-state index in [9.17, 15) is 4.79 Å². The SMILES string of the molecule is COC[C@H]1CC[C@H]1NC(=O)c1cnn(C)c1-n1cccc1. The lowest BCUT2D eigenvalue weighted by molar-refractivity contribution is 0.0670. The van der Waals surface area contributed by atoms with E-state index < -0.39 is 0 Å². The first-order valence-electron chi connectivity index (χ1n) is 7.16. The van der Waals surface area contributed by atoms with Gasteiger partial charge in [-0.2, -0.15) is 5.10 Å². The summed E-state index contributed by atoms with van der Waals surface area (Å²) in [5.74, 6) is 1.13. The van der Waals surface area contributed by atoms with Crippen LogP contribution in [0.2, 0.25) is 0 Å². The number of aromatic nitrogens is 3. The van der Waals surface area contributed by atoms with Crippen LogP contribution in [0.5, 0.6) is 0 Å². The Labute approximate surface area is 123 Å². The number of amides is 1. The van der Waals surface area contributed by atoms with Crippen molar-refractivity contribution in [2.24, 2.45) is 13.0 Å². The Morgan fingerprint density at radius 3 is 2.81 bits per heavy atom. The standard InChI is InChI=1S/C15H20N4O2/c1-18-15(19-7-3-4-8-19)12(9-16-18)14(20)17-13-6-5-11(13)10-21-2/h3-4,7-9,11,13H,5-6,10H2,1-2H3,(H,17,20)/t11-,13-/m1/s1. The number of ether oxygens (including phenoxy) is 1. The summed E-state index contributed by atoms with van der Waals surface area (Å²) in [4.78, 5) is 12.5. The van der Waals surface area contributed by atoms with Crippen LogP contribution in [0.1, 0.15) is 23.2 Å². The van der Waals surface area contributed by atoms with E-state index in [0.717, 1.165) is 18.7 Å². The zero-order valence-electron chi connectivity index (χ0n) is 12.3. The monoisotopic (exact) mass is 288 g/mol. The van der Waals surface area contributed by atoms with E-state index in [1.54, 1.807) is 18.0 Å². The van der Waals surface area contributed by atoms with Crippen LogP contribution in [-0.4, -0.2) is 40.0 Å². The van der Waals surface area contributed by atoms with Crippen LogP contribution in [0.25, 0.3) is 5.82 Å². The molecule has 0 radical (unpaired) electrons. The Balaban J connectivity index is 1.77. The molecular formula is C15H20N4O2. The van der Waals surface area contributed by atoms with Crippen molar-refractivity contribution >= 4 is 5.91 Å². The molecule has 0 unspecified atom stereocenters. The van der Waals surface area contributed by atoms with Crippen molar-refractivity contribution in [2.75, 3.05) is 13.7 Å². The molecule has 0 aliphatic heterocycles. The minimum atomic E-state index is -0.0717. The van der Waals surface area contributed by atoms with E-state index in [4.69, 9.17) is 4.74 Å². The predicted octanol–water partition coefficient (Wildman–Crippen LogP) is 1.37. The molecule has 1 fully saturated rings. The molecule has 2 heterocycles. The number of nitrogens with zero attached hydrogens (tertiary/aromatic N) is 3. The second-order valence-corrected chi connectivity index (χ2v) is 5.47. The molecule has 6 heteroatoms. The topological polar surface area (TPSA) is 61.1 Å². The zero-order valence-corrected chi connectivity index (χ0v) is 12.3.